The van der Waals surface area contributed by atoms with E-state index in [0.29, 0.717) is 11.4 Å². The number of hydrogen-bond acceptors (Lipinski definition) is 4. The molecule has 1 aromatic carbocycles. The van der Waals surface area contributed by atoms with E-state index in [1.807, 2.05) is 24.3 Å². The highest BCUT2D eigenvalue weighted by Gasteiger charge is 2.12. The number of fused-ring (bicyclic) bond motifs is 1. The van der Waals surface area contributed by atoms with Crippen molar-refractivity contribution in [3.05, 3.63) is 35.9 Å². The minimum absolute atomic E-state index is 0.131. The highest BCUT2D eigenvalue weighted by molar-refractivity contribution is 5.88. The number of hydrogen-bond donors (Lipinski definition) is 2. The monoisotopic (exact) mass is 254 g/mol. The third-order valence-corrected chi connectivity index (χ3v) is 2.84. The van der Waals surface area contributed by atoms with Gasteiger partial charge >= 0.3 is 0 Å². The lowest BCUT2D eigenvalue weighted by atomic mass is 10.1. The van der Waals surface area contributed by atoms with Crippen molar-refractivity contribution in [3.8, 4) is 6.07 Å². The van der Waals surface area contributed by atoms with Crippen LogP contribution in [0.2, 0.25) is 0 Å². The fraction of sp³-hybridized carbons (Fsp3) is 0.214. The Morgan fingerprint density at radius 3 is 2.84 bits per heavy atom. The molecular weight excluding hydrogens is 240 g/mol. The van der Waals surface area contributed by atoms with Crippen LogP contribution in [0.3, 0.4) is 0 Å². The van der Waals surface area contributed by atoms with Crippen molar-refractivity contribution in [3.63, 3.8) is 0 Å². The zero-order chi connectivity index (χ0) is 13.8. The summed E-state index contributed by atoms with van der Waals surface area (Å²) in [5.74, 6) is 0.389. The maximum Gasteiger partial charge on any atom is 0.241 e. The standard InChI is InChI=1S/C14H14N4O/c1-9(14(19)16-2)17-13-7-10(8-15)11-5-3-4-6-12(11)18-13/h3-7,9H,1-2H3,(H,16,19)(H,17,18). The van der Waals surface area contributed by atoms with E-state index in [0.717, 1.165) is 10.9 Å². The number of carbonyl (C=O) groups is 1. The maximum atomic E-state index is 11.5. The predicted octanol–water partition coefficient (Wildman–Crippen LogP) is 1.65. The number of anilines is 1. The second-order valence-corrected chi connectivity index (χ2v) is 4.16. The van der Waals surface area contributed by atoms with Crippen LogP contribution in [-0.4, -0.2) is 24.0 Å². The molecule has 96 valence electrons. The van der Waals surface area contributed by atoms with Gasteiger partial charge in [0.05, 0.1) is 17.1 Å². The zero-order valence-electron chi connectivity index (χ0n) is 10.8. The highest BCUT2D eigenvalue weighted by Crippen LogP contribution is 2.20. The van der Waals surface area contributed by atoms with Crippen LogP contribution in [0.4, 0.5) is 5.82 Å². The number of likely N-dealkylation sites (N-methyl/N-ethyl adjacent to an activating group) is 1. The van der Waals surface area contributed by atoms with E-state index in [2.05, 4.69) is 21.7 Å². The molecule has 1 atom stereocenters. The smallest absolute Gasteiger partial charge is 0.241 e. The Morgan fingerprint density at radius 1 is 1.42 bits per heavy atom. The molecule has 1 heterocycles. The van der Waals surface area contributed by atoms with Crippen LogP contribution in [0.25, 0.3) is 10.9 Å². The first-order valence-electron chi connectivity index (χ1n) is 5.93. The van der Waals surface area contributed by atoms with Gasteiger partial charge in [-0.2, -0.15) is 5.26 Å². The molecule has 0 saturated carbocycles. The summed E-state index contributed by atoms with van der Waals surface area (Å²) < 4.78 is 0. The van der Waals surface area contributed by atoms with Crippen molar-refractivity contribution >= 4 is 22.6 Å². The van der Waals surface area contributed by atoms with Gasteiger partial charge in [0, 0.05) is 12.4 Å². The van der Waals surface area contributed by atoms with Crippen molar-refractivity contribution < 1.29 is 4.79 Å². The lowest BCUT2D eigenvalue weighted by Gasteiger charge is -2.13. The molecule has 1 unspecified atom stereocenters. The Labute approximate surface area is 111 Å². The van der Waals surface area contributed by atoms with Gasteiger partial charge in [0.2, 0.25) is 5.91 Å². The van der Waals surface area contributed by atoms with Crippen LogP contribution in [0.5, 0.6) is 0 Å². The quantitative estimate of drug-likeness (QED) is 0.873. The highest BCUT2D eigenvalue weighted by atomic mass is 16.2. The topological polar surface area (TPSA) is 77.8 Å². The molecule has 1 amide bonds. The molecule has 5 nitrogen and oxygen atoms in total. The Kier molecular flexibility index (Phi) is 3.62. The summed E-state index contributed by atoms with van der Waals surface area (Å²) in [5, 5.41) is 15.5. The Morgan fingerprint density at radius 2 is 2.16 bits per heavy atom. The zero-order valence-corrected chi connectivity index (χ0v) is 10.8. The first-order valence-corrected chi connectivity index (χ1v) is 5.93. The average Bonchev–Trinajstić information content (AvgIpc) is 2.45. The maximum absolute atomic E-state index is 11.5. The predicted molar refractivity (Wildman–Crippen MR) is 73.6 cm³/mol. The molecule has 0 bridgehead atoms. The second-order valence-electron chi connectivity index (χ2n) is 4.16. The molecule has 0 aliphatic carbocycles. The molecule has 2 N–H and O–H groups in total. The number of amides is 1. The molecule has 0 aliphatic rings. The van der Waals surface area contributed by atoms with Gasteiger partial charge in [-0.1, -0.05) is 18.2 Å². The lowest BCUT2D eigenvalue weighted by Crippen LogP contribution is -2.35. The molecule has 5 heteroatoms. The largest absolute Gasteiger partial charge is 0.359 e. The number of nitriles is 1. The molecule has 0 aliphatic heterocycles. The van der Waals surface area contributed by atoms with Gasteiger partial charge in [-0.3, -0.25) is 4.79 Å². The van der Waals surface area contributed by atoms with Gasteiger partial charge in [-0.05, 0) is 19.1 Å². The van der Waals surface area contributed by atoms with Crippen LogP contribution in [0.1, 0.15) is 12.5 Å². The number of aromatic nitrogens is 1. The molecule has 1 aromatic heterocycles. The van der Waals surface area contributed by atoms with Crippen molar-refractivity contribution in [2.75, 3.05) is 12.4 Å². The summed E-state index contributed by atoms with van der Waals surface area (Å²) in [6.07, 6.45) is 0. The molecular formula is C14H14N4O. The number of benzene rings is 1. The summed E-state index contributed by atoms with van der Waals surface area (Å²) in [6, 6.07) is 10.8. The minimum atomic E-state index is -0.412. The third-order valence-electron chi connectivity index (χ3n) is 2.84. The summed E-state index contributed by atoms with van der Waals surface area (Å²) in [4.78, 5) is 15.9. The molecule has 0 radical (unpaired) electrons. The van der Waals surface area contributed by atoms with E-state index in [9.17, 15) is 4.79 Å². The molecule has 2 aromatic rings. The van der Waals surface area contributed by atoms with E-state index >= 15 is 0 Å². The minimum Gasteiger partial charge on any atom is -0.359 e. The molecule has 0 spiro atoms. The normalized spacial score (nSPS) is 11.6. The summed E-state index contributed by atoms with van der Waals surface area (Å²) >= 11 is 0. The van der Waals surface area contributed by atoms with E-state index < -0.39 is 6.04 Å². The van der Waals surface area contributed by atoms with Crippen molar-refractivity contribution in [2.45, 2.75) is 13.0 Å². The van der Waals surface area contributed by atoms with Crippen LogP contribution in [-0.2, 0) is 4.79 Å². The average molecular weight is 254 g/mol. The Balaban J connectivity index is 2.40. The van der Waals surface area contributed by atoms with Gasteiger partial charge in [-0.25, -0.2) is 4.98 Å². The van der Waals surface area contributed by atoms with Crippen LogP contribution in [0, 0.1) is 11.3 Å². The fourth-order valence-corrected chi connectivity index (χ4v) is 1.85. The van der Waals surface area contributed by atoms with Gasteiger partial charge < -0.3 is 10.6 Å². The number of nitrogens with zero attached hydrogens (tertiary/aromatic N) is 2. The van der Waals surface area contributed by atoms with Gasteiger partial charge in [0.25, 0.3) is 0 Å². The number of para-hydroxylation sites is 1. The van der Waals surface area contributed by atoms with E-state index in [1.54, 1.807) is 20.0 Å². The molecule has 0 fully saturated rings. The lowest BCUT2D eigenvalue weighted by molar-refractivity contribution is -0.121. The first-order chi connectivity index (χ1) is 9.15. The first kappa shape index (κ1) is 12.8. The SMILES string of the molecule is CNC(=O)C(C)Nc1cc(C#N)c2ccccc2n1. The van der Waals surface area contributed by atoms with Crippen molar-refractivity contribution in [2.24, 2.45) is 0 Å². The van der Waals surface area contributed by atoms with Crippen molar-refractivity contribution in [1.82, 2.24) is 10.3 Å². The van der Waals surface area contributed by atoms with Crippen LogP contribution >= 0.6 is 0 Å². The molecule has 2 rings (SSSR count). The fourth-order valence-electron chi connectivity index (χ4n) is 1.85. The summed E-state index contributed by atoms with van der Waals surface area (Å²) in [7, 11) is 1.58. The van der Waals surface area contributed by atoms with Gasteiger partial charge in [-0.15, -0.1) is 0 Å². The number of pyridine rings is 1. The molecule has 19 heavy (non-hydrogen) atoms. The van der Waals surface area contributed by atoms with Gasteiger partial charge in [0.15, 0.2) is 0 Å². The number of rotatable bonds is 3. The Hall–Kier alpha value is -2.61. The number of carbonyl (C=O) groups excluding carboxylic acids is 1. The number of nitrogens with one attached hydrogen (secondary N) is 2. The van der Waals surface area contributed by atoms with E-state index in [1.165, 1.54) is 0 Å². The Bertz CT molecular complexity index is 660. The summed E-state index contributed by atoms with van der Waals surface area (Å²) in [5.41, 5.74) is 1.27. The molecule has 0 saturated heterocycles. The van der Waals surface area contributed by atoms with Crippen molar-refractivity contribution in [1.29, 1.82) is 5.26 Å². The van der Waals surface area contributed by atoms with E-state index in [4.69, 9.17) is 5.26 Å². The van der Waals surface area contributed by atoms with Crippen LogP contribution < -0.4 is 10.6 Å². The van der Waals surface area contributed by atoms with E-state index in [-0.39, 0.29) is 5.91 Å². The third kappa shape index (κ3) is 2.63. The van der Waals surface area contributed by atoms with Crippen LogP contribution in [0.15, 0.2) is 30.3 Å². The second kappa shape index (κ2) is 5.36. The van der Waals surface area contributed by atoms with Gasteiger partial charge in [0.1, 0.15) is 11.9 Å². The summed E-state index contributed by atoms with van der Waals surface area (Å²) in [6.45, 7) is 1.74.